The van der Waals surface area contributed by atoms with E-state index in [1.165, 1.54) is 11.3 Å². The maximum Gasteiger partial charge on any atom is 0.174 e. The molecule has 0 atom stereocenters. The average molecular weight is 275 g/mol. The van der Waals surface area contributed by atoms with Crippen LogP contribution >= 0.6 is 11.3 Å². The topological polar surface area (TPSA) is 108 Å². The van der Waals surface area contributed by atoms with E-state index in [2.05, 4.69) is 15.5 Å². The lowest BCUT2D eigenvalue weighted by molar-refractivity contribution is 0.0993. The molecule has 0 aliphatic carbocycles. The smallest absolute Gasteiger partial charge is 0.174 e. The number of anilines is 2. The SMILES string of the molecule is CCC(=O)c1sc(NCc2cn[nH]c2)c(C#N)c1N. The summed E-state index contributed by atoms with van der Waals surface area (Å²) in [5.74, 6) is -0.0460. The van der Waals surface area contributed by atoms with Crippen LogP contribution in [0, 0.1) is 11.3 Å². The fourth-order valence-corrected chi connectivity index (χ4v) is 2.68. The third-order valence-corrected chi connectivity index (χ3v) is 3.84. The number of nitrogens with one attached hydrogen (secondary N) is 2. The van der Waals surface area contributed by atoms with Gasteiger partial charge in [-0.25, -0.2) is 0 Å². The van der Waals surface area contributed by atoms with Crippen LogP contribution in [0.3, 0.4) is 0 Å². The highest BCUT2D eigenvalue weighted by atomic mass is 32.1. The van der Waals surface area contributed by atoms with Crippen molar-refractivity contribution in [1.29, 1.82) is 5.26 Å². The van der Waals surface area contributed by atoms with E-state index in [0.717, 1.165) is 5.56 Å². The third kappa shape index (κ3) is 2.58. The lowest BCUT2D eigenvalue weighted by atomic mass is 10.2. The Morgan fingerprint density at radius 3 is 3.05 bits per heavy atom. The van der Waals surface area contributed by atoms with E-state index >= 15 is 0 Å². The van der Waals surface area contributed by atoms with Crippen molar-refractivity contribution >= 4 is 27.8 Å². The van der Waals surface area contributed by atoms with E-state index in [9.17, 15) is 4.79 Å². The Morgan fingerprint density at radius 1 is 1.68 bits per heavy atom. The molecule has 0 saturated heterocycles. The predicted molar refractivity (Wildman–Crippen MR) is 74.0 cm³/mol. The van der Waals surface area contributed by atoms with Crippen LogP contribution in [0.25, 0.3) is 0 Å². The lowest BCUT2D eigenvalue weighted by Crippen LogP contribution is -1.99. The standard InChI is InChI=1S/C12H13N5OS/c1-2-9(18)11-10(14)8(3-13)12(19-11)15-4-7-5-16-17-6-7/h5-6,15H,2,4,14H2,1H3,(H,16,17). The zero-order valence-corrected chi connectivity index (χ0v) is 11.2. The summed E-state index contributed by atoms with van der Waals surface area (Å²) in [7, 11) is 0. The third-order valence-electron chi connectivity index (χ3n) is 2.64. The number of hydrogen-bond donors (Lipinski definition) is 3. The van der Waals surface area contributed by atoms with Gasteiger partial charge in [0.05, 0.1) is 16.8 Å². The van der Waals surface area contributed by atoms with Gasteiger partial charge in [0.2, 0.25) is 0 Å². The molecule has 2 rings (SSSR count). The molecule has 98 valence electrons. The highest BCUT2D eigenvalue weighted by molar-refractivity contribution is 7.19. The zero-order valence-electron chi connectivity index (χ0n) is 10.4. The number of hydrogen-bond acceptors (Lipinski definition) is 6. The summed E-state index contributed by atoms with van der Waals surface area (Å²) in [4.78, 5) is 12.2. The summed E-state index contributed by atoms with van der Waals surface area (Å²) in [6.45, 7) is 2.29. The molecule has 2 aromatic rings. The number of nitrogens with two attached hydrogens (primary N) is 1. The normalized spacial score (nSPS) is 10.1. The van der Waals surface area contributed by atoms with E-state index in [4.69, 9.17) is 11.0 Å². The van der Waals surface area contributed by atoms with Gasteiger partial charge >= 0.3 is 0 Å². The number of carbonyl (C=O) groups is 1. The van der Waals surface area contributed by atoms with Crippen molar-refractivity contribution < 1.29 is 4.79 Å². The number of nitriles is 1. The average Bonchev–Trinajstić information content (AvgIpc) is 3.03. The summed E-state index contributed by atoms with van der Waals surface area (Å²) >= 11 is 1.23. The van der Waals surface area contributed by atoms with E-state index < -0.39 is 0 Å². The van der Waals surface area contributed by atoms with Crippen molar-refractivity contribution in [3.8, 4) is 6.07 Å². The van der Waals surface area contributed by atoms with Crippen LogP contribution in [0.4, 0.5) is 10.7 Å². The number of Topliss-reactive ketones (excluding diaryl/α,β-unsaturated/α-hetero) is 1. The molecule has 2 aromatic heterocycles. The van der Waals surface area contributed by atoms with Crippen molar-refractivity contribution in [3.63, 3.8) is 0 Å². The van der Waals surface area contributed by atoms with Gasteiger partial charge < -0.3 is 11.1 Å². The predicted octanol–water partition coefficient (Wildman–Crippen LogP) is 2.13. The van der Waals surface area contributed by atoms with Gasteiger partial charge in [-0.05, 0) is 0 Å². The quantitative estimate of drug-likeness (QED) is 0.724. The van der Waals surface area contributed by atoms with Crippen molar-refractivity contribution in [2.24, 2.45) is 0 Å². The van der Waals surface area contributed by atoms with Crippen LogP contribution in [-0.2, 0) is 6.54 Å². The van der Waals surface area contributed by atoms with Crippen LogP contribution in [0.2, 0.25) is 0 Å². The first-order valence-electron chi connectivity index (χ1n) is 5.74. The van der Waals surface area contributed by atoms with Crippen LogP contribution < -0.4 is 11.1 Å². The monoisotopic (exact) mass is 275 g/mol. The molecule has 0 amide bonds. The number of nitrogen functional groups attached to an aromatic ring is 1. The first kappa shape index (κ1) is 13.1. The first-order valence-corrected chi connectivity index (χ1v) is 6.56. The molecule has 0 aromatic carbocycles. The molecule has 0 radical (unpaired) electrons. The highest BCUT2D eigenvalue weighted by Gasteiger charge is 2.19. The second-order valence-electron chi connectivity index (χ2n) is 3.90. The summed E-state index contributed by atoms with van der Waals surface area (Å²) < 4.78 is 0. The van der Waals surface area contributed by atoms with Gasteiger partial charge in [0.15, 0.2) is 5.78 Å². The second-order valence-corrected chi connectivity index (χ2v) is 4.92. The van der Waals surface area contributed by atoms with Gasteiger partial charge in [-0.2, -0.15) is 10.4 Å². The van der Waals surface area contributed by atoms with Crippen LogP contribution in [0.1, 0.15) is 34.1 Å². The number of rotatable bonds is 5. The van der Waals surface area contributed by atoms with Crippen molar-refractivity contribution in [3.05, 3.63) is 28.4 Å². The summed E-state index contributed by atoms with van der Waals surface area (Å²) in [6.07, 6.45) is 3.82. The van der Waals surface area contributed by atoms with Gasteiger partial charge in [-0.3, -0.25) is 9.89 Å². The minimum absolute atomic E-state index is 0.0460. The van der Waals surface area contributed by atoms with Crippen molar-refractivity contribution in [1.82, 2.24) is 10.2 Å². The molecule has 0 aliphatic rings. The Kier molecular flexibility index (Phi) is 3.82. The molecule has 6 nitrogen and oxygen atoms in total. The highest BCUT2D eigenvalue weighted by Crippen LogP contribution is 2.36. The largest absolute Gasteiger partial charge is 0.396 e. The number of ketones is 1. The fourth-order valence-electron chi connectivity index (χ4n) is 1.60. The summed E-state index contributed by atoms with van der Waals surface area (Å²) in [5.41, 5.74) is 7.42. The Morgan fingerprint density at radius 2 is 2.47 bits per heavy atom. The molecular weight excluding hydrogens is 262 g/mol. The van der Waals surface area contributed by atoms with Crippen molar-refractivity contribution in [2.45, 2.75) is 19.9 Å². The molecule has 0 bridgehead atoms. The van der Waals surface area contributed by atoms with Crippen molar-refractivity contribution in [2.75, 3.05) is 11.1 Å². The van der Waals surface area contributed by atoms with Gasteiger partial charge in [-0.1, -0.05) is 6.92 Å². The molecular formula is C12H13N5OS. The van der Waals surface area contributed by atoms with E-state index in [-0.39, 0.29) is 11.5 Å². The maximum absolute atomic E-state index is 11.7. The minimum Gasteiger partial charge on any atom is -0.396 e. The molecule has 0 aliphatic heterocycles. The number of aromatic nitrogens is 2. The zero-order chi connectivity index (χ0) is 13.8. The maximum atomic E-state index is 11.7. The Hall–Kier alpha value is -2.33. The first-order chi connectivity index (χ1) is 9.17. The van der Waals surface area contributed by atoms with Gasteiger partial charge in [0.25, 0.3) is 0 Å². The van der Waals surface area contributed by atoms with E-state index in [0.29, 0.717) is 28.4 Å². The summed E-state index contributed by atoms with van der Waals surface area (Å²) in [6, 6.07) is 2.04. The Bertz CT molecular complexity index is 623. The number of aromatic amines is 1. The second kappa shape index (κ2) is 5.54. The van der Waals surface area contributed by atoms with Crippen LogP contribution in [-0.4, -0.2) is 16.0 Å². The van der Waals surface area contributed by atoms with E-state index in [1.54, 1.807) is 19.3 Å². The molecule has 0 unspecified atom stereocenters. The fraction of sp³-hybridized carbons (Fsp3) is 0.250. The molecule has 7 heteroatoms. The number of thiophene rings is 1. The van der Waals surface area contributed by atoms with Crippen LogP contribution in [0.15, 0.2) is 12.4 Å². The van der Waals surface area contributed by atoms with Crippen LogP contribution in [0.5, 0.6) is 0 Å². The lowest BCUT2D eigenvalue weighted by Gasteiger charge is -2.01. The molecule has 4 N–H and O–H groups in total. The van der Waals surface area contributed by atoms with E-state index in [1.807, 2.05) is 6.07 Å². The number of carbonyl (C=O) groups excluding carboxylic acids is 1. The van der Waals surface area contributed by atoms with Gasteiger partial charge in [-0.15, -0.1) is 11.3 Å². The number of nitrogens with zero attached hydrogens (tertiary/aromatic N) is 2. The molecule has 0 spiro atoms. The summed E-state index contributed by atoms with van der Waals surface area (Å²) in [5, 5.41) is 19.4. The number of H-pyrrole nitrogens is 1. The minimum atomic E-state index is -0.0460. The Balaban J connectivity index is 2.25. The molecule has 2 heterocycles. The molecule has 0 saturated carbocycles. The van der Waals surface area contributed by atoms with Gasteiger partial charge in [0.1, 0.15) is 16.6 Å². The molecule has 0 fully saturated rings. The Labute approximate surface area is 114 Å². The van der Waals surface area contributed by atoms with Gasteiger partial charge in [0, 0.05) is 24.7 Å². The molecule has 19 heavy (non-hydrogen) atoms.